The smallest absolute Gasteiger partial charge is 0.277 e. The molecule has 11 aromatic rings. The number of hydrogen-bond acceptors (Lipinski definition) is 4. The van der Waals surface area contributed by atoms with Crippen LogP contribution in [0.3, 0.4) is 0 Å². The summed E-state index contributed by atoms with van der Waals surface area (Å²) < 4.78 is 2.85. The van der Waals surface area contributed by atoms with Gasteiger partial charge >= 0.3 is 0 Å². The predicted octanol–water partition coefficient (Wildman–Crippen LogP) is 17.5. The van der Waals surface area contributed by atoms with Crippen LogP contribution in [-0.4, -0.2) is 6.71 Å². The molecule has 78 heavy (non-hydrogen) atoms. The van der Waals surface area contributed by atoms with E-state index in [4.69, 9.17) is 0 Å². The third-order valence-corrected chi connectivity index (χ3v) is 21.3. The lowest BCUT2D eigenvalue weighted by molar-refractivity contribution is 0.588. The number of benzene rings is 9. The van der Waals surface area contributed by atoms with Gasteiger partial charge in [0, 0.05) is 53.2 Å². The van der Waals surface area contributed by atoms with E-state index < -0.39 is 10.8 Å². The Kier molecular flexibility index (Phi) is 8.79. The van der Waals surface area contributed by atoms with Crippen molar-refractivity contribution in [3.63, 3.8) is 0 Å². The van der Waals surface area contributed by atoms with E-state index in [0.29, 0.717) is 0 Å². The normalized spacial score (nSPS) is 15.5. The monoisotopic (exact) mass is 1030 g/mol. The highest BCUT2D eigenvalue weighted by molar-refractivity contribution is 7.37. The van der Waals surface area contributed by atoms with Crippen molar-refractivity contribution in [2.75, 3.05) is 9.80 Å². The third kappa shape index (κ3) is 5.40. The Morgan fingerprint density at radius 3 is 1.21 bits per heavy atom. The van der Waals surface area contributed by atoms with Gasteiger partial charge in [-0.3, -0.25) is 0 Å². The molecule has 0 fully saturated rings. The number of para-hydroxylation sites is 1. The van der Waals surface area contributed by atoms with E-state index in [2.05, 4.69) is 287 Å². The number of aryl methyl sites for hydroxylation is 1. The zero-order chi connectivity index (χ0) is 52.4. The number of thiophene rings is 2. The molecular formula is C73H55BN2S2. The molecule has 0 bridgehead atoms. The Labute approximate surface area is 466 Å². The highest BCUT2D eigenvalue weighted by Gasteiger charge is 2.60. The van der Waals surface area contributed by atoms with Crippen LogP contribution in [0.25, 0.3) is 44.5 Å². The van der Waals surface area contributed by atoms with Crippen molar-refractivity contribution in [1.82, 2.24) is 0 Å². The lowest BCUT2D eigenvalue weighted by Crippen LogP contribution is -2.59. The van der Waals surface area contributed by atoms with Gasteiger partial charge in [0.15, 0.2) is 0 Å². The van der Waals surface area contributed by atoms with E-state index in [0.717, 1.165) is 0 Å². The summed E-state index contributed by atoms with van der Waals surface area (Å²) in [6.45, 7) is 16.3. The maximum Gasteiger partial charge on any atom is 0.277 e. The van der Waals surface area contributed by atoms with Gasteiger partial charge in [0.2, 0.25) is 0 Å². The molecule has 2 aromatic heterocycles. The number of hydrogen-bond donors (Lipinski definition) is 0. The lowest BCUT2D eigenvalue weighted by Gasteiger charge is -2.43. The minimum Gasteiger partial charge on any atom is -0.310 e. The maximum absolute atomic E-state index is 2.70. The maximum atomic E-state index is 2.70. The van der Waals surface area contributed by atoms with Crippen LogP contribution in [0.4, 0.5) is 34.1 Å². The van der Waals surface area contributed by atoms with Gasteiger partial charge in [-0.1, -0.05) is 211 Å². The van der Waals surface area contributed by atoms with Gasteiger partial charge in [0.25, 0.3) is 6.71 Å². The summed E-state index contributed by atoms with van der Waals surface area (Å²) >= 11 is 4.19. The van der Waals surface area contributed by atoms with Gasteiger partial charge < -0.3 is 9.80 Å². The number of rotatable bonds is 2. The molecule has 0 radical (unpaired) electrons. The van der Waals surface area contributed by atoms with Crippen LogP contribution in [0, 0.1) is 6.92 Å². The highest BCUT2D eigenvalue weighted by atomic mass is 32.1. The molecule has 17 rings (SSSR count). The van der Waals surface area contributed by atoms with Crippen molar-refractivity contribution in [2.45, 2.75) is 70.1 Å². The van der Waals surface area contributed by atoms with Gasteiger partial charge in [-0.2, -0.15) is 0 Å². The quantitative estimate of drug-likeness (QED) is 0.159. The Balaban J connectivity index is 1.04. The summed E-state index contributed by atoms with van der Waals surface area (Å²) in [5, 5.41) is 0. The fourth-order valence-corrected chi connectivity index (χ4v) is 18.8. The van der Waals surface area contributed by atoms with Crippen LogP contribution in [0.15, 0.2) is 206 Å². The molecule has 372 valence electrons. The molecule has 2 nitrogen and oxygen atoms in total. The molecule has 0 amide bonds. The van der Waals surface area contributed by atoms with Crippen LogP contribution in [0.1, 0.15) is 101 Å². The van der Waals surface area contributed by atoms with Crippen LogP contribution in [0.2, 0.25) is 0 Å². The minimum atomic E-state index is -0.510. The van der Waals surface area contributed by atoms with Gasteiger partial charge in [0.05, 0.1) is 22.2 Å². The van der Waals surface area contributed by atoms with Crippen molar-refractivity contribution in [3.05, 3.63) is 266 Å². The first-order valence-corrected chi connectivity index (χ1v) is 29.4. The summed E-state index contributed by atoms with van der Waals surface area (Å²) in [6.07, 6.45) is 0. The number of nitrogens with zero attached hydrogens (tertiary/aromatic N) is 2. The molecule has 6 aliphatic rings. The van der Waals surface area contributed by atoms with Crippen molar-refractivity contribution >= 4 is 78.5 Å². The topological polar surface area (TPSA) is 6.48 Å². The summed E-state index contributed by atoms with van der Waals surface area (Å²) in [7, 11) is 0. The first-order chi connectivity index (χ1) is 37.9. The molecule has 2 spiro atoms. The SMILES string of the molecule is Cc1cc2c3c(c1)N(c1ccccc1)c1c(sc4c1-c1ccc(C(C)(C)C)cc1C41c4ccccc4-c4ccccc41)B3c1sc3c(c1N2c1ccc(C(C)(C)C)cc1)-c1ccccc1C31c2ccccc2-c2ccccc21. The first-order valence-electron chi connectivity index (χ1n) is 27.8. The average molecular weight is 1040 g/mol. The fraction of sp³-hybridized carbons (Fsp3) is 0.151. The number of anilines is 6. The summed E-state index contributed by atoms with van der Waals surface area (Å²) in [5.41, 5.74) is 30.9. The van der Waals surface area contributed by atoms with E-state index in [1.54, 1.807) is 0 Å². The fourth-order valence-electron chi connectivity index (χ4n) is 15.4. The zero-order valence-corrected chi connectivity index (χ0v) is 46.6. The van der Waals surface area contributed by atoms with E-state index in [1.165, 1.54) is 153 Å². The van der Waals surface area contributed by atoms with Crippen molar-refractivity contribution in [3.8, 4) is 44.5 Å². The molecule has 0 N–H and O–H groups in total. The second-order valence-electron chi connectivity index (χ2n) is 24.7. The number of fused-ring (bicyclic) bond motifs is 26. The molecule has 4 aliphatic carbocycles. The largest absolute Gasteiger partial charge is 0.310 e. The van der Waals surface area contributed by atoms with E-state index in [-0.39, 0.29) is 17.5 Å². The van der Waals surface area contributed by atoms with Gasteiger partial charge in [-0.05, 0) is 143 Å². The third-order valence-electron chi connectivity index (χ3n) is 18.6. The molecule has 0 unspecified atom stereocenters. The van der Waals surface area contributed by atoms with Crippen LogP contribution in [0.5, 0.6) is 0 Å². The Hall–Kier alpha value is -7.96. The summed E-state index contributed by atoms with van der Waals surface area (Å²) in [6, 6.07) is 80.1. The minimum absolute atomic E-state index is 0.00812. The zero-order valence-electron chi connectivity index (χ0n) is 44.9. The Morgan fingerprint density at radius 1 is 0.372 bits per heavy atom. The van der Waals surface area contributed by atoms with Gasteiger partial charge in [0.1, 0.15) is 0 Å². The standard InChI is InChI=1S/C73H55BN2S2/c1-42-39-59-63-60(40-42)76(46-36-33-43(34-37-46)70(2,3)4)64-61-51-27-15-20-32-57(51)72(53-28-16-11-23-47(53)48-24-12-17-29-54(48)72)66(61)77-68(64)74(63)69-65(75(59)45-21-9-8-10-22-45)62-52-38-35-44(71(5,6)7)41-58(52)73(67(62)78-69)55-30-18-13-25-49(55)50-26-14-19-31-56(50)73/h8-41H,1-7H3. The lowest BCUT2D eigenvalue weighted by atomic mass is 9.39. The highest BCUT2D eigenvalue weighted by Crippen LogP contribution is 2.70. The van der Waals surface area contributed by atoms with Crippen LogP contribution in [-0.2, 0) is 21.7 Å². The average Bonchev–Trinajstić information content (AvgIpc) is 2.08. The van der Waals surface area contributed by atoms with Gasteiger partial charge in [-0.25, -0.2) is 0 Å². The molecular weight excluding hydrogens is 980 g/mol. The molecule has 4 heterocycles. The predicted molar refractivity (Wildman–Crippen MR) is 331 cm³/mol. The molecule has 0 saturated heterocycles. The Bertz CT molecular complexity index is 4350. The van der Waals surface area contributed by atoms with Crippen molar-refractivity contribution in [2.24, 2.45) is 0 Å². The van der Waals surface area contributed by atoms with Crippen LogP contribution < -0.4 is 24.8 Å². The van der Waals surface area contributed by atoms with E-state index in [9.17, 15) is 0 Å². The van der Waals surface area contributed by atoms with Crippen molar-refractivity contribution < 1.29 is 0 Å². The van der Waals surface area contributed by atoms with Crippen molar-refractivity contribution in [1.29, 1.82) is 0 Å². The first kappa shape index (κ1) is 45.1. The van der Waals surface area contributed by atoms with E-state index in [1.807, 2.05) is 0 Å². The van der Waals surface area contributed by atoms with Crippen LogP contribution >= 0.6 is 22.7 Å². The second kappa shape index (κ2) is 15.2. The molecule has 9 aromatic carbocycles. The van der Waals surface area contributed by atoms with Gasteiger partial charge in [-0.15, -0.1) is 22.7 Å². The Morgan fingerprint density at radius 2 is 0.744 bits per heavy atom. The molecule has 2 aliphatic heterocycles. The summed E-state index contributed by atoms with van der Waals surface area (Å²) in [4.78, 5) is 8.25. The second-order valence-corrected chi connectivity index (χ2v) is 26.8. The van der Waals surface area contributed by atoms with E-state index >= 15 is 0 Å². The molecule has 5 heteroatoms. The molecule has 0 saturated carbocycles. The molecule has 0 atom stereocenters. The summed E-state index contributed by atoms with van der Waals surface area (Å²) in [5.74, 6) is 0.